The van der Waals surface area contributed by atoms with Crippen molar-refractivity contribution in [3.05, 3.63) is 94.2 Å². The van der Waals surface area contributed by atoms with Crippen molar-refractivity contribution in [2.45, 2.75) is 112 Å². The van der Waals surface area contributed by atoms with Gasteiger partial charge in [-0.05, 0) is 107 Å². The van der Waals surface area contributed by atoms with Crippen LogP contribution in [0.2, 0.25) is 0 Å². The SMILES string of the molecule is CCCCCCc1cc(N=[N+](C)C=Cc2cc(CC)c(CC)c(CCCCCC)c2)cc(-c2ccccc2)c1C. The third kappa shape index (κ3) is 9.29. The Morgan fingerprint density at radius 2 is 1.35 bits per heavy atom. The molecule has 0 saturated heterocycles. The number of rotatable bonds is 16. The second kappa shape index (κ2) is 17.0. The van der Waals surface area contributed by atoms with E-state index in [4.69, 9.17) is 5.11 Å². The molecule has 0 aliphatic carbocycles. The maximum atomic E-state index is 5.02. The van der Waals surface area contributed by atoms with Crippen molar-refractivity contribution >= 4 is 11.8 Å². The van der Waals surface area contributed by atoms with Crippen molar-refractivity contribution in [3.63, 3.8) is 0 Å². The Kier molecular flexibility index (Phi) is 13.4. The molecule has 3 rings (SSSR count). The maximum Gasteiger partial charge on any atom is 0.196 e. The van der Waals surface area contributed by atoms with Crippen LogP contribution in [0.25, 0.3) is 17.2 Å². The zero-order valence-electron chi connectivity index (χ0n) is 26.2. The van der Waals surface area contributed by atoms with Crippen LogP contribution in [0.3, 0.4) is 0 Å². The predicted octanol–water partition coefficient (Wildman–Crippen LogP) is 11.4. The first-order chi connectivity index (χ1) is 19.5. The predicted molar refractivity (Wildman–Crippen MR) is 175 cm³/mol. The number of unbranched alkanes of at least 4 members (excludes halogenated alkanes) is 6. The van der Waals surface area contributed by atoms with Gasteiger partial charge in [0.25, 0.3) is 0 Å². The molecule has 3 aromatic carbocycles. The topological polar surface area (TPSA) is 15.4 Å². The number of nitrogens with zero attached hydrogens (tertiary/aromatic N) is 2. The molecular formula is C38H53N2+. The number of aryl methyl sites for hydroxylation is 3. The molecule has 0 atom stereocenters. The van der Waals surface area contributed by atoms with Crippen LogP contribution in [0, 0.1) is 6.92 Å². The van der Waals surface area contributed by atoms with Gasteiger partial charge in [0.2, 0.25) is 0 Å². The average molecular weight is 538 g/mol. The van der Waals surface area contributed by atoms with E-state index >= 15 is 0 Å². The highest BCUT2D eigenvalue weighted by Crippen LogP contribution is 2.32. The molecule has 214 valence electrons. The molecule has 0 aliphatic heterocycles. The molecule has 0 N–H and O–H groups in total. The second-order valence-electron chi connectivity index (χ2n) is 11.3. The Morgan fingerprint density at radius 3 is 1.98 bits per heavy atom. The van der Waals surface area contributed by atoms with Crippen LogP contribution in [0.1, 0.15) is 112 Å². The summed E-state index contributed by atoms with van der Waals surface area (Å²) in [7, 11) is 2.05. The van der Waals surface area contributed by atoms with Gasteiger partial charge < -0.3 is 0 Å². The molecule has 2 heteroatoms. The highest BCUT2D eigenvalue weighted by atomic mass is 15.2. The zero-order valence-corrected chi connectivity index (χ0v) is 26.2. The van der Waals surface area contributed by atoms with Crippen LogP contribution < -0.4 is 0 Å². The number of benzene rings is 3. The highest BCUT2D eigenvalue weighted by Gasteiger charge is 2.12. The highest BCUT2D eigenvalue weighted by molar-refractivity contribution is 5.72. The molecule has 0 bridgehead atoms. The third-order valence-electron chi connectivity index (χ3n) is 8.13. The molecule has 0 amide bonds. The Balaban J connectivity index is 1.90. The van der Waals surface area contributed by atoms with Crippen LogP contribution in [0.5, 0.6) is 0 Å². The van der Waals surface area contributed by atoms with Gasteiger partial charge in [-0.1, -0.05) is 113 Å². The van der Waals surface area contributed by atoms with E-state index in [0.717, 1.165) is 24.9 Å². The number of hydrogen-bond donors (Lipinski definition) is 0. The zero-order chi connectivity index (χ0) is 28.7. The minimum atomic E-state index is 1.02. The Hall–Kier alpha value is -3.00. The van der Waals surface area contributed by atoms with Gasteiger partial charge in [0.1, 0.15) is 5.69 Å². The van der Waals surface area contributed by atoms with Gasteiger partial charge in [-0.15, -0.1) is 0 Å². The van der Waals surface area contributed by atoms with Gasteiger partial charge in [0.15, 0.2) is 13.2 Å². The fourth-order valence-electron chi connectivity index (χ4n) is 5.80. The summed E-state index contributed by atoms with van der Waals surface area (Å²) in [6, 6.07) is 20.1. The minimum Gasteiger partial charge on any atom is -0.0934 e. The lowest BCUT2D eigenvalue weighted by atomic mass is 9.91. The largest absolute Gasteiger partial charge is 0.196 e. The molecule has 0 spiro atoms. The summed E-state index contributed by atoms with van der Waals surface area (Å²) in [5.41, 5.74) is 12.3. The fourth-order valence-corrected chi connectivity index (χ4v) is 5.80. The molecule has 3 aromatic rings. The van der Waals surface area contributed by atoms with E-state index in [-0.39, 0.29) is 0 Å². The molecule has 0 unspecified atom stereocenters. The molecule has 0 aromatic heterocycles. The third-order valence-corrected chi connectivity index (χ3v) is 8.13. The molecule has 0 heterocycles. The van der Waals surface area contributed by atoms with E-state index in [1.807, 2.05) is 11.7 Å². The lowest BCUT2D eigenvalue weighted by Crippen LogP contribution is -2.01. The van der Waals surface area contributed by atoms with E-state index in [0.29, 0.717) is 0 Å². The monoisotopic (exact) mass is 537 g/mol. The Bertz CT molecular complexity index is 1250. The molecule has 0 saturated carbocycles. The quantitative estimate of drug-likeness (QED) is 0.0980. The summed E-state index contributed by atoms with van der Waals surface area (Å²) in [5, 5.41) is 5.02. The van der Waals surface area contributed by atoms with Crippen LogP contribution in [0.4, 0.5) is 5.69 Å². The molecule has 0 fully saturated rings. The van der Waals surface area contributed by atoms with E-state index in [1.54, 1.807) is 5.56 Å². The Morgan fingerprint density at radius 1 is 0.700 bits per heavy atom. The molecule has 2 nitrogen and oxygen atoms in total. The van der Waals surface area contributed by atoms with Crippen molar-refractivity contribution in [3.8, 4) is 11.1 Å². The smallest absolute Gasteiger partial charge is 0.0934 e. The average Bonchev–Trinajstić information content (AvgIpc) is 2.97. The van der Waals surface area contributed by atoms with Gasteiger partial charge in [-0.25, -0.2) is 0 Å². The van der Waals surface area contributed by atoms with Crippen molar-refractivity contribution < 1.29 is 4.70 Å². The van der Waals surface area contributed by atoms with Crippen LogP contribution in [-0.4, -0.2) is 11.7 Å². The van der Waals surface area contributed by atoms with Crippen molar-refractivity contribution in [2.75, 3.05) is 7.05 Å². The summed E-state index contributed by atoms with van der Waals surface area (Å²) >= 11 is 0. The number of hydrogen-bond acceptors (Lipinski definition) is 1. The van der Waals surface area contributed by atoms with E-state index in [9.17, 15) is 0 Å². The van der Waals surface area contributed by atoms with Crippen LogP contribution in [0.15, 0.2) is 65.9 Å². The van der Waals surface area contributed by atoms with Gasteiger partial charge in [-0.3, -0.25) is 0 Å². The molecule has 0 aliphatic rings. The van der Waals surface area contributed by atoms with Crippen molar-refractivity contribution in [2.24, 2.45) is 5.11 Å². The summed E-state index contributed by atoms with van der Waals surface area (Å²) in [5.74, 6) is 0. The van der Waals surface area contributed by atoms with Gasteiger partial charge in [-0.2, -0.15) is 0 Å². The van der Waals surface area contributed by atoms with Gasteiger partial charge >= 0.3 is 0 Å². The van der Waals surface area contributed by atoms with Crippen molar-refractivity contribution in [1.82, 2.24) is 0 Å². The molecule has 0 radical (unpaired) electrons. The first-order valence-electron chi connectivity index (χ1n) is 16.0. The standard InChI is InChI=1S/C38H53N2/c1-7-11-13-16-22-34-28-36(29-38(30(34)5)33-20-18-15-19-21-33)39-40(6)25-24-31-26-32(9-3)37(10-4)35(27-31)23-17-14-12-8-2/h15,18-21,24-29H,7-14,16-17,22-23H2,1-6H3/q+1. The molecule has 40 heavy (non-hydrogen) atoms. The Labute approximate surface area is 245 Å². The van der Waals surface area contributed by atoms with Crippen LogP contribution in [-0.2, 0) is 25.7 Å². The maximum absolute atomic E-state index is 5.02. The van der Waals surface area contributed by atoms with Crippen LogP contribution >= 0.6 is 0 Å². The van der Waals surface area contributed by atoms with E-state index < -0.39 is 0 Å². The summed E-state index contributed by atoms with van der Waals surface area (Å²) in [4.78, 5) is 0. The lowest BCUT2D eigenvalue weighted by molar-refractivity contribution is -0.491. The van der Waals surface area contributed by atoms with E-state index in [2.05, 4.69) is 101 Å². The normalized spacial score (nSPS) is 12.0. The lowest BCUT2D eigenvalue weighted by Gasteiger charge is -2.14. The minimum absolute atomic E-state index is 1.02. The molecular weight excluding hydrogens is 484 g/mol. The van der Waals surface area contributed by atoms with Gasteiger partial charge in [0, 0.05) is 6.08 Å². The van der Waals surface area contributed by atoms with Gasteiger partial charge in [0.05, 0.1) is 0 Å². The van der Waals surface area contributed by atoms with Crippen molar-refractivity contribution in [1.29, 1.82) is 0 Å². The summed E-state index contributed by atoms with van der Waals surface area (Å²) in [6.45, 7) is 11.4. The first-order valence-corrected chi connectivity index (χ1v) is 16.0. The fraction of sp³-hybridized carbons (Fsp3) is 0.474. The second-order valence-corrected chi connectivity index (χ2v) is 11.3. The van der Waals surface area contributed by atoms with E-state index in [1.165, 1.54) is 96.7 Å². The first kappa shape index (κ1) is 31.5. The number of azo groups is 2. The summed E-state index contributed by atoms with van der Waals surface area (Å²) < 4.78 is 1.97. The summed E-state index contributed by atoms with van der Waals surface area (Å²) in [6.07, 6.45) is 19.2.